The molecule has 1 rings (SSSR count). The third kappa shape index (κ3) is 1.96. The van der Waals surface area contributed by atoms with E-state index >= 15 is 0 Å². The molecule has 0 amide bonds. The summed E-state index contributed by atoms with van der Waals surface area (Å²) in [5.74, 6) is 0.741. The summed E-state index contributed by atoms with van der Waals surface area (Å²) in [6.07, 6.45) is 2.63. The SMILES string of the molecule is C[CH]N1CCCC(CN)C1. The minimum Gasteiger partial charge on any atom is -0.330 e. The van der Waals surface area contributed by atoms with Gasteiger partial charge in [-0.15, -0.1) is 0 Å². The van der Waals surface area contributed by atoms with Crippen molar-refractivity contribution in [2.24, 2.45) is 11.7 Å². The van der Waals surface area contributed by atoms with Gasteiger partial charge in [0.2, 0.25) is 0 Å². The maximum Gasteiger partial charge on any atom is 0.0220 e. The lowest BCUT2D eigenvalue weighted by molar-refractivity contribution is 0.217. The molecule has 1 unspecified atom stereocenters. The highest BCUT2D eigenvalue weighted by molar-refractivity contribution is 4.75. The third-order valence-electron chi connectivity index (χ3n) is 2.25. The van der Waals surface area contributed by atoms with Crippen LogP contribution in [0, 0.1) is 12.5 Å². The van der Waals surface area contributed by atoms with Crippen LogP contribution in [0.5, 0.6) is 0 Å². The first kappa shape index (κ1) is 8.02. The van der Waals surface area contributed by atoms with Gasteiger partial charge in [0.1, 0.15) is 0 Å². The second kappa shape index (κ2) is 3.94. The van der Waals surface area contributed by atoms with E-state index < -0.39 is 0 Å². The predicted molar refractivity (Wildman–Crippen MR) is 43.3 cm³/mol. The Morgan fingerprint density at radius 3 is 3.10 bits per heavy atom. The van der Waals surface area contributed by atoms with Gasteiger partial charge in [-0.05, 0) is 38.8 Å². The third-order valence-corrected chi connectivity index (χ3v) is 2.25. The molecule has 1 radical (unpaired) electrons. The molecule has 1 fully saturated rings. The first-order valence-corrected chi connectivity index (χ1v) is 4.10. The fraction of sp³-hybridized carbons (Fsp3) is 0.875. The molecule has 1 aliphatic rings. The van der Waals surface area contributed by atoms with Crippen LogP contribution in [0.25, 0.3) is 0 Å². The van der Waals surface area contributed by atoms with Gasteiger partial charge >= 0.3 is 0 Å². The average molecular weight is 141 g/mol. The number of nitrogens with two attached hydrogens (primary N) is 1. The molecule has 0 aromatic rings. The summed E-state index contributed by atoms with van der Waals surface area (Å²) < 4.78 is 0. The van der Waals surface area contributed by atoms with Crippen molar-refractivity contribution in [2.75, 3.05) is 19.6 Å². The van der Waals surface area contributed by atoms with Crippen LogP contribution < -0.4 is 5.73 Å². The van der Waals surface area contributed by atoms with Gasteiger partial charge in [0, 0.05) is 13.1 Å². The molecular formula is C8H17N2. The molecule has 0 spiro atoms. The van der Waals surface area contributed by atoms with Crippen molar-refractivity contribution < 1.29 is 0 Å². The lowest BCUT2D eigenvalue weighted by atomic mass is 9.98. The molecule has 1 heterocycles. The number of rotatable bonds is 2. The number of likely N-dealkylation sites (tertiary alicyclic amines) is 1. The lowest BCUT2D eigenvalue weighted by Gasteiger charge is -2.30. The second-order valence-electron chi connectivity index (χ2n) is 3.00. The number of hydrogen-bond acceptors (Lipinski definition) is 2. The van der Waals surface area contributed by atoms with Crippen molar-refractivity contribution in [1.82, 2.24) is 4.90 Å². The van der Waals surface area contributed by atoms with Crippen molar-refractivity contribution in [3.05, 3.63) is 6.54 Å². The van der Waals surface area contributed by atoms with Gasteiger partial charge in [0.15, 0.2) is 0 Å². The van der Waals surface area contributed by atoms with E-state index in [4.69, 9.17) is 5.73 Å². The van der Waals surface area contributed by atoms with Crippen LogP contribution in [0.3, 0.4) is 0 Å². The number of hydrogen-bond donors (Lipinski definition) is 1. The molecule has 0 bridgehead atoms. The zero-order chi connectivity index (χ0) is 7.40. The summed E-state index contributed by atoms with van der Waals surface area (Å²) in [7, 11) is 0. The van der Waals surface area contributed by atoms with Gasteiger partial charge in [-0.1, -0.05) is 0 Å². The summed E-state index contributed by atoms with van der Waals surface area (Å²) in [5, 5.41) is 0. The number of nitrogens with zero attached hydrogens (tertiary/aromatic N) is 1. The molecule has 0 aliphatic carbocycles. The van der Waals surface area contributed by atoms with Crippen LogP contribution in [-0.2, 0) is 0 Å². The average Bonchev–Trinajstić information content (AvgIpc) is 2.05. The van der Waals surface area contributed by atoms with Gasteiger partial charge < -0.3 is 5.73 Å². The fourth-order valence-corrected chi connectivity index (χ4v) is 1.52. The molecule has 1 atom stereocenters. The maximum atomic E-state index is 5.58. The molecule has 2 nitrogen and oxygen atoms in total. The van der Waals surface area contributed by atoms with Crippen molar-refractivity contribution >= 4 is 0 Å². The van der Waals surface area contributed by atoms with Crippen molar-refractivity contribution in [3.8, 4) is 0 Å². The molecule has 2 heteroatoms. The minimum atomic E-state index is 0.741. The molecule has 1 saturated heterocycles. The monoisotopic (exact) mass is 141 g/mol. The Morgan fingerprint density at radius 1 is 1.70 bits per heavy atom. The van der Waals surface area contributed by atoms with E-state index in [0.717, 1.165) is 12.5 Å². The van der Waals surface area contributed by atoms with E-state index in [2.05, 4.69) is 18.4 Å². The first-order chi connectivity index (χ1) is 4.86. The maximum absolute atomic E-state index is 5.58. The van der Waals surface area contributed by atoms with Crippen molar-refractivity contribution in [1.29, 1.82) is 0 Å². The van der Waals surface area contributed by atoms with Crippen LogP contribution >= 0.6 is 0 Å². The Kier molecular flexibility index (Phi) is 3.16. The highest BCUT2D eigenvalue weighted by Gasteiger charge is 2.16. The quantitative estimate of drug-likeness (QED) is 0.617. The smallest absolute Gasteiger partial charge is 0.0220 e. The molecule has 2 N–H and O–H groups in total. The molecule has 0 aromatic carbocycles. The molecule has 0 saturated carbocycles. The van der Waals surface area contributed by atoms with Crippen LogP contribution in [0.4, 0.5) is 0 Å². The lowest BCUT2D eigenvalue weighted by Crippen LogP contribution is -2.36. The Balaban J connectivity index is 2.25. The van der Waals surface area contributed by atoms with E-state index in [9.17, 15) is 0 Å². The second-order valence-corrected chi connectivity index (χ2v) is 3.00. The summed E-state index contributed by atoms with van der Waals surface area (Å²) in [5.41, 5.74) is 5.58. The normalized spacial score (nSPS) is 28.8. The first-order valence-electron chi connectivity index (χ1n) is 4.10. The fourth-order valence-electron chi connectivity index (χ4n) is 1.52. The van der Waals surface area contributed by atoms with Gasteiger partial charge in [-0.2, -0.15) is 0 Å². The Morgan fingerprint density at radius 2 is 2.50 bits per heavy atom. The van der Waals surface area contributed by atoms with E-state index in [1.807, 2.05) is 0 Å². The van der Waals surface area contributed by atoms with Gasteiger partial charge in [-0.3, -0.25) is 4.90 Å². The van der Waals surface area contributed by atoms with Crippen LogP contribution in [0.1, 0.15) is 19.8 Å². The topological polar surface area (TPSA) is 29.3 Å². The molecule has 59 valence electrons. The summed E-state index contributed by atoms with van der Waals surface area (Å²) in [6, 6.07) is 0. The van der Waals surface area contributed by atoms with Gasteiger partial charge in [0.25, 0.3) is 0 Å². The molecular weight excluding hydrogens is 124 g/mol. The summed E-state index contributed by atoms with van der Waals surface area (Å²) in [4.78, 5) is 2.36. The molecule has 0 aromatic heterocycles. The zero-order valence-corrected chi connectivity index (χ0v) is 6.71. The Hall–Kier alpha value is -0.0800. The van der Waals surface area contributed by atoms with Crippen LogP contribution in [-0.4, -0.2) is 24.5 Å². The van der Waals surface area contributed by atoms with Crippen molar-refractivity contribution in [3.63, 3.8) is 0 Å². The minimum absolute atomic E-state index is 0.741. The van der Waals surface area contributed by atoms with Crippen molar-refractivity contribution in [2.45, 2.75) is 19.8 Å². The Bertz CT molecular complexity index is 83.3. The van der Waals surface area contributed by atoms with Crippen LogP contribution in [0.15, 0.2) is 0 Å². The van der Waals surface area contributed by atoms with Gasteiger partial charge in [0.05, 0.1) is 0 Å². The Labute approximate surface area is 63.4 Å². The predicted octanol–water partition coefficient (Wildman–Crippen LogP) is 0.839. The van der Waals surface area contributed by atoms with E-state index in [1.54, 1.807) is 0 Å². The summed E-state index contributed by atoms with van der Waals surface area (Å²) in [6.45, 7) is 7.52. The number of piperidine rings is 1. The highest BCUT2D eigenvalue weighted by Crippen LogP contribution is 2.15. The van der Waals surface area contributed by atoms with E-state index in [1.165, 1.54) is 25.9 Å². The standard InChI is InChI=1S/C8H17N2/c1-2-10-5-3-4-8(6-9)7-10/h2,8H,3-7,9H2,1H3. The summed E-state index contributed by atoms with van der Waals surface area (Å²) >= 11 is 0. The van der Waals surface area contributed by atoms with E-state index in [0.29, 0.717) is 0 Å². The van der Waals surface area contributed by atoms with Gasteiger partial charge in [-0.25, -0.2) is 0 Å². The van der Waals surface area contributed by atoms with E-state index in [-0.39, 0.29) is 0 Å². The van der Waals surface area contributed by atoms with Crippen LogP contribution in [0.2, 0.25) is 0 Å². The highest BCUT2D eigenvalue weighted by atomic mass is 15.1. The zero-order valence-electron chi connectivity index (χ0n) is 6.71. The molecule has 10 heavy (non-hydrogen) atoms. The largest absolute Gasteiger partial charge is 0.330 e. The molecule has 1 aliphatic heterocycles.